The Kier molecular flexibility index (Phi) is 2.66. The fraction of sp³-hybridized carbons (Fsp3) is 0.100. The first-order valence-electron chi connectivity index (χ1n) is 4.34. The third-order valence-electron chi connectivity index (χ3n) is 1.88. The number of phenols is 1. The molecule has 0 saturated carbocycles. The molecular weight excluding hydrogens is 215 g/mol. The first-order chi connectivity index (χ1) is 7.19. The van der Waals surface area contributed by atoms with Crippen LogP contribution in [-0.2, 0) is 6.54 Å². The van der Waals surface area contributed by atoms with E-state index in [0.29, 0.717) is 17.1 Å². The van der Waals surface area contributed by atoms with E-state index in [1.54, 1.807) is 6.20 Å². The van der Waals surface area contributed by atoms with E-state index >= 15 is 0 Å². The molecule has 3 nitrogen and oxygen atoms in total. The highest BCUT2D eigenvalue weighted by Crippen LogP contribution is 2.28. The SMILES string of the molecule is NCc1cnc(-c2cc(O)cc(F)c2)s1. The number of hydrogen-bond donors (Lipinski definition) is 2. The molecule has 1 aromatic heterocycles. The van der Waals surface area contributed by atoms with Crippen molar-refractivity contribution in [2.24, 2.45) is 5.73 Å². The third kappa shape index (κ3) is 2.14. The minimum Gasteiger partial charge on any atom is -0.508 e. The van der Waals surface area contributed by atoms with Gasteiger partial charge in [-0.1, -0.05) is 0 Å². The zero-order valence-corrected chi connectivity index (χ0v) is 8.59. The van der Waals surface area contributed by atoms with Crippen molar-refractivity contribution in [3.8, 4) is 16.3 Å². The molecule has 15 heavy (non-hydrogen) atoms. The molecule has 1 heterocycles. The Morgan fingerprint density at radius 3 is 2.80 bits per heavy atom. The fourth-order valence-corrected chi connectivity index (χ4v) is 2.01. The Balaban J connectivity index is 2.44. The molecule has 0 amide bonds. The summed E-state index contributed by atoms with van der Waals surface area (Å²) in [5, 5.41) is 9.89. The molecule has 0 atom stereocenters. The lowest BCUT2D eigenvalue weighted by Crippen LogP contribution is -1.91. The van der Waals surface area contributed by atoms with Crippen molar-refractivity contribution in [3.05, 3.63) is 35.1 Å². The molecule has 0 saturated heterocycles. The second kappa shape index (κ2) is 3.96. The van der Waals surface area contributed by atoms with Crippen LogP contribution >= 0.6 is 11.3 Å². The fourth-order valence-electron chi connectivity index (χ4n) is 1.23. The van der Waals surface area contributed by atoms with E-state index in [4.69, 9.17) is 5.73 Å². The molecule has 1 aromatic carbocycles. The van der Waals surface area contributed by atoms with Gasteiger partial charge in [0.05, 0.1) is 0 Å². The highest BCUT2D eigenvalue weighted by Gasteiger charge is 2.06. The van der Waals surface area contributed by atoms with Crippen LogP contribution in [0.15, 0.2) is 24.4 Å². The lowest BCUT2D eigenvalue weighted by atomic mass is 10.2. The van der Waals surface area contributed by atoms with Crippen LogP contribution in [0.5, 0.6) is 5.75 Å². The molecule has 78 valence electrons. The van der Waals surface area contributed by atoms with Crippen LogP contribution in [0.1, 0.15) is 4.88 Å². The molecule has 0 aliphatic heterocycles. The predicted octanol–water partition coefficient (Wildman–Crippen LogP) is 2.11. The van der Waals surface area contributed by atoms with Crippen molar-refractivity contribution in [2.75, 3.05) is 0 Å². The topological polar surface area (TPSA) is 59.1 Å². The van der Waals surface area contributed by atoms with Gasteiger partial charge in [-0.25, -0.2) is 9.37 Å². The van der Waals surface area contributed by atoms with Crippen LogP contribution in [0.2, 0.25) is 0 Å². The van der Waals surface area contributed by atoms with Crippen molar-refractivity contribution < 1.29 is 9.50 Å². The number of thiazole rings is 1. The molecule has 0 aliphatic carbocycles. The average Bonchev–Trinajstić information content (AvgIpc) is 2.64. The summed E-state index contributed by atoms with van der Waals surface area (Å²) in [6, 6.07) is 3.86. The second-order valence-electron chi connectivity index (χ2n) is 3.03. The van der Waals surface area contributed by atoms with E-state index in [0.717, 1.165) is 10.9 Å². The number of halogens is 1. The Morgan fingerprint density at radius 2 is 2.20 bits per heavy atom. The maximum absolute atomic E-state index is 13.0. The first-order valence-corrected chi connectivity index (χ1v) is 5.15. The monoisotopic (exact) mass is 224 g/mol. The van der Waals surface area contributed by atoms with Crippen LogP contribution < -0.4 is 5.73 Å². The number of benzene rings is 1. The maximum atomic E-state index is 13.0. The van der Waals surface area contributed by atoms with Gasteiger partial charge in [-0.2, -0.15) is 0 Å². The standard InChI is InChI=1S/C10H9FN2OS/c11-7-1-6(2-8(14)3-7)10-13-5-9(4-12)15-10/h1-3,5,14H,4,12H2. The summed E-state index contributed by atoms with van der Waals surface area (Å²) in [6.45, 7) is 0.416. The van der Waals surface area contributed by atoms with Crippen LogP contribution in [0.25, 0.3) is 10.6 Å². The summed E-state index contributed by atoms with van der Waals surface area (Å²) < 4.78 is 13.0. The van der Waals surface area contributed by atoms with Crippen LogP contribution in [0.3, 0.4) is 0 Å². The van der Waals surface area contributed by atoms with Crippen molar-refractivity contribution >= 4 is 11.3 Å². The van der Waals surface area contributed by atoms with Gasteiger partial charge in [0, 0.05) is 29.2 Å². The van der Waals surface area contributed by atoms with E-state index < -0.39 is 5.82 Å². The van der Waals surface area contributed by atoms with E-state index in [9.17, 15) is 9.50 Å². The van der Waals surface area contributed by atoms with Crippen molar-refractivity contribution in [1.82, 2.24) is 4.98 Å². The Bertz CT molecular complexity index is 464. The molecule has 0 unspecified atom stereocenters. The van der Waals surface area contributed by atoms with Gasteiger partial charge < -0.3 is 10.8 Å². The van der Waals surface area contributed by atoms with Crippen molar-refractivity contribution in [2.45, 2.75) is 6.54 Å². The minimum absolute atomic E-state index is 0.102. The lowest BCUT2D eigenvalue weighted by molar-refractivity contribution is 0.469. The molecule has 3 N–H and O–H groups in total. The van der Waals surface area contributed by atoms with Crippen LogP contribution in [0.4, 0.5) is 4.39 Å². The molecule has 5 heteroatoms. The average molecular weight is 224 g/mol. The normalized spacial score (nSPS) is 10.5. The van der Waals surface area contributed by atoms with E-state index in [1.165, 1.54) is 23.5 Å². The predicted molar refractivity (Wildman–Crippen MR) is 57.1 cm³/mol. The Hall–Kier alpha value is -1.46. The largest absolute Gasteiger partial charge is 0.508 e. The number of nitrogens with two attached hydrogens (primary N) is 1. The quantitative estimate of drug-likeness (QED) is 0.821. The van der Waals surface area contributed by atoms with Gasteiger partial charge >= 0.3 is 0 Å². The summed E-state index contributed by atoms with van der Waals surface area (Å²) in [6.07, 6.45) is 1.65. The highest BCUT2D eigenvalue weighted by molar-refractivity contribution is 7.15. The molecule has 2 rings (SSSR count). The molecule has 2 aromatic rings. The van der Waals surface area contributed by atoms with E-state index in [-0.39, 0.29) is 5.75 Å². The minimum atomic E-state index is -0.477. The van der Waals surface area contributed by atoms with Crippen LogP contribution in [-0.4, -0.2) is 10.1 Å². The Morgan fingerprint density at radius 1 is 1.40 bits per heavy atom. The summed E-state index contributed by atoms with van der Waals surface area (Å²) in [7, 11) is 0. The molecule has 0 fully saturated rings. The number of phenolic OH excluding ortho intramolecular Hbond substituents is 1. The van der Waals surface area contributed by atoms with Gasteiger partial charge in [0.15, 0.2) is 0 Å². The lowest BCUT2D eigenvalue weighted by Gasteiger charge is -1.98. The van der Waals surface area contributed by atoms with Crippen molar-refractivity contribution in [1.29, 1.82) is 0 Å². The van der Waals surface area contributed by atoms with E-state index in [1.807, 2.05) is 0 Å². The van der Waals surface area contributed by atoms with Gasteiger partial charge in [0.2, 0.25) is 0 Å². The smallest absolute Gasteiger partial charge is 0.127 e. The summed E-state index contributed by atoms with van der Waals surface area (Å²) in [4.78, 5) is 5.03. The first kappa shape index (κ1) is 10.1. The second-order valence-corrected chi connectivity index (χ2v) is 4.15. The molecule has 0 radical (unpaired) electrons. The number of aromatic nitrogens is 1. The van der Waals surface area contributed by atoms with Gasteiger partial charge in [-0.3, -0.25) is 0 Å². The maximum Gasteiger partial charge on any atom is 0.127 e. The number of hydrogen-bond acceptors (Lipinski definition) is 4. The van der Waals surface area contributed by atoms with Gasteiger partial charge in [0.25, 0.3) is 0 Å². The molecule has 0 bridgehead atoms. The van der Waals surface area contributed by atoms with Gasteiger partial charge in [-0.05, 0) is 12.1 Å². The summed E-state index contributed by atoms with van der Waals surface area (Å²) in [5.74, 6) is -0.580. The number of nitrogens with zero attached hydrogens (tertiary/aromatic N) is 1. The molecular formula is C10H9FN2OS. The van der Waals surface area contributed by atoms with Crippen LogP contribution in [0, 0.1) is 5.82 Å². The number of aromatic hydroxyl groups is 1. The van der Waals surface area contributed by atoms with Gasteiger partial charge in [0.1, 0.15) is 16.6 Å². The Labute approximate surface area is 90.0 Å². The van der Waals surface area contributed by atoms with Gasteiger partial charge in [-0.15, -0.1) is 11.3 Å². The number of rotatable bonds is 2. The zero-order chi connectivity index (χ0) is 10.8. The summed E-state index contributed by atoms with van der Waals surface area (Å²) in [5.41, 5.74) is 6.01. The zero-order valence-electron chi connectivity index (χ0n) is 7.77. The van der Waals surface area contributed by atoms with E-state index in [2.05, 4.69) is 4.98 Å². The van der Waals surface area contributed by atoms with Crippen molar-refractivity contribution in [3.63, 3.8) is 0 Å². The third-order valence-corrected chi connectivity index (χ3v) is 2.95. The molecule has 0 aliphatic rings. The summed E-state index contributed by atoms with van der Waals surface area (Å²) >= 11 is 1.39. The highest BCUT2D eigenvalue weighted by atomic mass is 32.1. The molecule has 0 spiro atoms.